The summed E-state index contributed by atoms with van der Waals surface area (Å²) < 4.78 is 5.00. The number of rotatable bonds is 4. The lowest BCUT2D eigenvalue weighted by molar-refractivity contribution is -0.0395. The van der Waals surface area contributed by atoms with E-state index in [4.69, 9.17) is 15.3 Å². The number of hydrogen-bond acceptors (Lipinski definition) is 5. The third kappa shape index (κ3) is 5.16. The van der Waals surface area contributed by atoms with Crippen LogP contribution in [0.1, 0.15) is 32.4 Å². The SMILES string of the molecule is CC(C)(C)OC(=O)ON[C@@H](CN)c1ccccc1. The minimum atomic E-state index is -0.767. The number of carbonyl (C=O) groups excluding carboxylic acids is 1. The van der Waals surface area contributed by atoms with E-state index < -0.39 is 11.8 Å². The minimum Gasteiger partial charge on any atom is -0.427 e. The van der Waals surface area contributed by atoms with Crippen LogP contribution in [0.2, 0.25) is 0 Å². The second-order valence-corrected chi connectivity index (χ2v) is 4.88. The highest BCUT2D eigenvalue weighted by Gasteiger charge is 2.19. The molecule has 5 heteroatoms. The average molecular weight is 252 g/mol. The summed E-state index contributed by atoms with van der Waals surface area (Å²) in [6, 6.07) is 9.26. The maximum atomic E-state index is 11.4. The van der Waals surface area contributed by atoms with Gasteiger partial charge in [-0.1, -0.05) is 30.3 Å². The summed E-state index contributed by atoms with van der Waals surface area (Å²) >= 11 is 0. The summed E-state index contributed by atoms with van der Waals surface area (Å²) in [5.74, 6) is 0. The standard InChI is InChI=1S/C13H20N2O3/c1-13(2,3)17-12(16)18-15-11(9-14)10-7-5-4-6-8-10/h4-8,11,15H,9,14H2,1-3H3/t11-/m0/s1. The third-order valence-corrected chi connectivity index (χ3v) is 2.11. The van der Waals surface area contributed by atoms with Crippen LogP contribution in [0.4, 0.5) is 4.79 Å². The first-order valence-corrected chi connectivity index (χ1v) is 5.83. The molecule has 1 aromatic carbocycles. The van der Waals surface area contributed by atoms with Gasteiger partial charge in [0.05, 0.1) is 6.04 Å². The highest BCUT2D eigenvalue weighted by molar-refractivity contribution is 5.60. The van der Waals surface area contributed by atoms with Crippen molar-refractivity contribution in [2.24, 2.45) is 5.73 Å². The molecule has 100 valence electrons. The quantitative estimate of drug-likeness (QED) is 0.634. The van der Waals surface area contributed by atoms with Gasteiger partial charge < -0.3 is 15.3 Å². The van der Waals surface area contributed by atoms with E-state index in [0.717, 1.165) is 5.56 Å². The normalized spacial score (nSPS) is 12.9. The van der Waals surface area contributed by atoms with Crippen molar-refractivity contribution in [3.63, 3.8) is 0 Å². The lowest BCUT2D eigenvalue weighted by Gasteiger charge is -2.21. The highest BCUT2D eigenvalue weighted by atomic mass is 16.8. The number of nitrogens with two attached hydrogens (primary N) is 1. The molecular formula is C13H20N2O3. The molecule has 0 saturated carbocycles. The van der Waals surface area contributed by atoms with Crippen LogP contribution in [0.25, 0.3) is 0 Å². The molecule has 0 aliphatic carbocycles. The van der Waals surface area contributed by atoms with Gasteiger partial charge in [-0.2, -0.15) is 0 Å². The van der Waals surface area contributed by atoms with Gasteiger partial charge in [0, 0.05) is 6.54 Å². The van der Waals surface area contributed by atoms with Crippen molar-refractivity contribution in [1.29, 1.82) is 0 Å². The van der Waals surface area contributed by atoms with Crippen LogP contribution in [0, 0.1) is 0 Å². The van der Waals surface area contributed by atoms with Gasteiger partial charge >= 0.3 is 6.16 Å². The molecule has 0 bridgehead atoms. The van der Waals surface area contributed by atoms with E-state index >= 15 is 0 Å². The predicted molar refractivity (Wildman–Crippen MR) is 68.7 cm³/mol. The number of carbonyl (C=O) groups is 1. The molecular weight excluding hydrogens is 232 g/mol. The zero-order valence-corrected chi connectivity index (χ0v) is 11.0. The van der Waals surface area contributed by atoms with E-state index in [1.807, 2.05) is 30.3 Å². The first kappa shape index (κ1) is 14.5. The van der Waals surface area contributed by atoms with Crippen molar-refractivity contribution in [2.45, 2.75) is 32.4 Å². The van der Waals surface area contributed by atoms with Crippen LogP contribution in [0.5, 0.6) is 0 Å². The Hall–Kier alpha value is -1.59. The highest BCUT2D eigenvalue weighted by Crippen LogP contribution is 2.12. The first-order valence-electron chi connectivity index (χ1n) is 5.83. The lowest BCUT2D eigenvalue weighted by atomic mass is 10.1. The van der Waals surface area contributed by atoms with Gasteiger partial charge in [0.25, 0.3) is 0 Å². The van der Waals surface area contributed by atoms with E-state index in [1.165, 1.54) is 0 Å². The molecule has 1 aromatic rings. The number of benzene rings is 1. The summed E-state index contributed by atoms with van der Waals surface area (Å²) in [4.78, 5) is 16.2. The van der Waals surface area contributed by atoms with E-state index in [9.17, 15) is 4.79 Å². The van der Waals surface area contributed by atoms with Crippen molar-refractivity contribution in [3.05, 3.63) is 35.9 Å². The van der Waals surface area contributed by atoms with Crippen molar-refractivity contribution in [3.8, 4) is 0 Å². The smallest absolute Gasteiger partial charge is 0.427 e. The number of nitrogens with one attached hydrogen (secondary N) is 1. The van der Waals surface area contributed by atoms with Gasteiger partial charge in [-0.25, -0.2) is 4.79 Å². The number of hydroxylamine groups is 1. The molecule has 0 amide bonds. The molecule has 18 heavy (non-hydrogen) atoms. The van der Waals surface area contributed by atoms with Crippen LogP contribution >= 0.6 is 0 Å². The maximum absolute atomic E-state index is 11.4. The fraction of sp³-hybridized carbons (Fsp3) is 0.462. The molecule has 0 aliphatic heterocycles. The Labute approximate surface area is 107 Å². The van der Waals surface area contributed by atoms with Gasteiger partial charge in [0.2, 0.25) is 0 Å². The Morgan fingerprint density at radius 3 is 2.44 bits per heavy atom. The summed E-state index contributed by atoms with van der Waals surface area (Å²) in [7, 11) is 0. The molecule has 5 nitrogen and oxygen atoms in total. The first-order chi connectivity index (χ1) is 8.42. The Kier molecular flexibility index (Phi) is 5.12. The van der Waals surface area contributed by atoms with Crippen molar-refractivity contribution in [2.75, 3.05) is 6.54 Å². The fourth-order valence-corrected chi connectivity index (χ4v) is 1.33. The molecule has 0 unspecified atom stereocenters. The largest absolute Gasteiger partial charge is 0.528 e. The van der Waals surface area contributed by atoms with Crippen molar-refractivity contribution < 1.29 is 14.4 Å². The van der Waals surface area contributed by atoms with Gasteiger partial charge in [-0.05, 0) is 26.3 Å². The summed E-state index contributed by atoms with van der Waals surface area (Å²) in [6.45, 7) is 5.62. The van der Waals surface area contributed by atoms with E-state index in [-0.39, 0.29) is 6.04 Å². The second-order valence-electron chi connectivity index (χ2n) is 4.88. The van der Waals surface area contributed by atoms with Crippen LogP contribution in [0.3, 0.4) is 0 Å². The van der Waals surface area contributed by atoms with E-state index in [1.54, 1.807) is 20.8 Å². The number of hydrogen-bond donors (Lipinski definition) is 2. The van der Waals surface area contributed by atoms with E-state index in [0.29, 0.717) is 6.54 Å². The van der Waals surface area contributed by atoms with E-state index in [2.05, 4.69) is 5.48 Å². The summed E-state index contributed by atoms with van der Waals surface area (Å²) in [5, 5.41) is 0. The molecule has 0 heterocycles. The predicted octanol–water partition coefficient (Wildman–Crippen LogP) is 2.14. The molecule has 0 fully saturated rings. The zero-order valence-electron chi connectivity index (χ0n) is 11.0. The second kappa shape index (κ2) is 6.37. The molecule has 1 rings (SSSR count). The Morgan fingerprint density at radius 1 is 1.33 bits per heavy atom. The Balaban J connectivity index is 2.48. The molecule has 3 N–H and O–H groups in total. The lowest BCUT2D eigenvalue weighted by Crippen LogP contribution is -2.33. The Bertz CT molecular complexity index is 374. The van der Waals surface area contributed by atoms with Gasteiger partial charge in [0.15, 0.2) is 0 Å². The van der Waals surface area contributed by atoms with Crippen molar-refractivity contribution >= 4 is 6.16 Å². The molecule has 1 atom stereocenters. The molecule has 0 saturated heterocycles. The molecule has 0 aliphatic rings. The fourth-order valence-electron chi connectivity index (χ4n) is 1.33. The van der Waals surface area contributed by atoms with Gasteiger partial charge in [0.1, 0.15) is 5.60 Å². The summed E-state index contributed by atoms with van der Waals surface area (Å²) in [5.41, 5.74) is 8.60. The van der Waals surface area contributed by atoms with Crippen LogP contribution < -0.4 is 11.2 Å². The topological polar surface area (TPSA) is 73.6 Å². The van der Waals surface area contributed by atoms with Gasteiger partial charge in [-0.3, -0.25) is 0 Å². The molecule has 0 spiro atoms. The van der Waals surface area contributed by atoms with Gasteiger partial charge in [-0.15, -0.1) is 5.48 Å². The number of ether oxygens (including phenoxy) is 1. The monoisotopic (exact) mass is 252 g/mol. The zero-order chi connectivity index (χ0) is 13.6. The Morgan fingerprint density at radius 2 is 1.94 bits per heavy atom. The minimum absolute atomic E-state index is 0.251. The van der Waals surface area contributed by atoms with Crippen LogP contribution in [-0.4, -0.2) is 18.3 Å². The maximum Gasteiger partial charge on any atom is 0.528 e. The average Bonchev–Trinajstić information content (AvgIpc) is 2.29. The summed E-state index contributed by atoms with van der Waals surface area (Å²) in [6.07, 6.45) is -0.767. The van der Waals surface area contributed by atoms with Crippen molar-refractivity contribution in [1.82, 2.24) is 5.48 Å². The third-order valence-electron chi connectivity index (χ3n) is 2.11. The van der Waals surface area contributed by atoms with Crippen LogP contribution in [-0.2, 0) is 9.57 Å². The van der Waals surface area contributed by atoms with Crippen LogP contribution in [0.15, 0.2) is 30.3 Å². The molecule has 0 aromatic heterocycles. The molecule has 0 radical (unpaired) electrons.